The molecule has 0 bridgehead atoms. The third-order valence-corrected chi connectivity index (χ3v) is 10.6. The zero-order valence-electron chi connectivity index (χ0n) is 13.8. The minimum atomic E-state index is -1.49. The molecule has 2 fully saturated rings. The van der Waals surface area contributed by atoms with E-state index in [0.29, 0.717) is 0 Å². The Kier molecular flexibility index (Phi) is 8.52. The van der Waals surface area contributed by atoms with Crippen LogP contribution in [0.2, 0.25) is 0 Å². The van der Waals surface area contributed by atoms with Gasteiger partial charge in [0.2, 0.25) is 0 Å². The molecule has 132 valence electrons. The van der Waals surface area contributed by atoms with Crippen LogP contribution in [-0.4, -0.2) is 11.3 Å². The van der Waals surface area contributed by atoms with Crippen LogP contribution in [0.5, 0.6) is 0 Å². The molecular formula is C19H28ClFPPd+. The molecule has 0 radical (unpaired) electrons. The first-order chi connectivity index (χ1) is 11.2. The van der Waals surface area contributed by atoms with Crippen molar-refractivity contribution >= 4 is 22.1 Å². The van der Waals surface area contributed by atoms with Crippen LogP contribution in [0.15, 0.2) is 24.3 Å². The summed E-state index contributed by atoms with van der Waals surface area (Å²) in [5, 5.41) is 1.27. The Morgan fingerprint density at radius 1 is 0.913 bits per heavy atom. The van der Waals surface area contributed by atoms with Gasteiger partial charge in [0.25, 0.3) is 0 Å². The molecule has 0 unspecified atom stereocenters. The fraction of sp³-hybridized carbons (Fsp3) is 0.632. The zero-order chi connectivity index (χ0) is 16.7. The van der Waals surface area contributed by atoms with Crippen molar-refractivity contribution in [2.45, 2.75) is 75.5 Å². The van der Waals surface area contributed by atoms with E-state index in [1.807, 2.05) is 12.1 Å². The third-order valence-electron chi connectivity index (χ3n) is 5.74. The quantitative estimate of drug-likeness (QED) is 0.277. The summed E-state index contributed by atoms with van der Waals surface area (Å²) in [4.78, 5) is 0. The number of halogens is 2. The Balaban J connectivity index is 0.000000924. The summed E-state index contributed by atoms with van der Waals surface area (Å²) >= 11 is 2.22. The Hall–Kier alpha value is 0.532. The molecule has 4 heteroatoms. The van der Waals surface area contributed by atoms with Gasteiger partial charge in [0.15, 0.2) is 0 Å². The molecule has 2 saturated carbocycles. The summed E-state index contributed by atoms with van der Waals surface area (Å²) in [6.07, 6.45) is 13.5. The van der Waals surface area contributed by atoms with Gasteiger partial charge in [-0.2, -0.15) is 6.66 Å². The van der Waals surface area contributed by atoms with Gasteiger partial charge in [-0.05, 0) is 63.5 Å². The van der Waals surface area contributed by atoms with Crippen molar-refractivity contribution < 1.29 is 22.6 Å². The van der Waals surface area contributed by atoms with Crippen LogP contribution in [-0.2, 0) is 18.2 Å². The molecule has 2 aliphatic carbocycles. The average Bonchev–Trinajstić information content (AvgIpc) is 2.64. The average molecular weight is 448 g/mol. The summed E-state index contributed by atoms with van der Waals surface area (Å²) in [6, 6.07) is 7.46. The van der Waals surface area contributed by atoms with E-state index in [2.05, 4.69) is 33.8 Å². The van der Waals surface area contributed by atoms with E-state index in [9.17, 15) is 4.39 Å². The van der Waals surface area contributed by atoms with Crippen LogP contribution >= 0.6 is 16.8 Å². The molecule has 0 aromatic heterocycles. The summed E-state index contributed by atoms with van der Waals surface area (Å²) in [5.74, 6) is -0.0767. The summed E-state index contributed by atoms with van der Waals surface area (Å²) < 4.78 is 13.8. The van der Waals surface area contributed by atoms with Crippen LogP contribution in [0.4, 0.5) is 4.39 Å². The Morgan fingerprint density at radius 3 is 1.83 bits per heavy atom. The second-order valence-corrected chi connectivity index (χ2v) is 10.8. The van der Waals surface area contributed by atoms with Gasteiger partial charge >= 0.3 is 27.7 Å². The van der Waals surface area contributed by atoms with Crippen molar-refractivity contribution in [3.63, 3.8) is 0 Å². The predicted octanol–water partition coefficient (Wildman–Crippen LogP) is 6.61. The van der Waals surface area contributed by atoms with Crippen LogP contribution in [0.1, 0.15) is 64.2 Å². The molecule has 0 aliphatic heterocycles. The monoisotopic (exact) mass is 447 g/mol. The van der Waals surface area contributed by atoms with Gasteiger partial charge in [0, 0.05) is 17.4 Å². The SMILES string of the molecule is [CH2-][P+](c1cccc(F)c1)(C1CCCCC1)C1CCCCC1.[Cl][Pd+]. The number of benzene rings is 1. The van der Waals surface area contributed by atoms with Crippen molar-refractivity contribution in [3.05, 3.63) is 36.7 Å². The molecule has 0 saturated heterocycles. The molecule has 1 aromatic rings. The molecule has 3 rings (SSSR count). The molecular weight excluding hydrogens is 420 g/mol. The predicted molar refractivity (Wildman–Crippen MR) is 97.9 cm³/mol. The molecule has 23 heavy (non-hydrogen) atoms. The van der Waals surface area contributed by atoms with E-state index >= 15 is 0 Å². The maximum atomic E-state index is 13.8. The normalized spacial score (nSPS) is 20.7. The first-order valence-electron chi connectivity index (χ1n) is 8.82. The van der Waals surface area contributed by atoms with Crippen molar-refractivity contribution in [2.75, 3.05) is 0 Å². The van der Waals surface area contributed by atoms with Crippen LogP contribution in [0.25, 0.3) is 0 Å². The molecule has 0 atom stereocenters. The topological polar surface area (TPSA) is 0 Å². The van der Waals surface area contributed by atoms with Crippen molar-refractivity contribution in [3.8, 4) is 0 Å². The van der Waals surface area contributed by atoms with Crippen LogP contribution in [0, 0.1) is 12.5 Å². The summed E-state index contributed by atoms with van der Waals surface area (Å²) in [7, 11) is 3.00. The van der Waals surface area contributed by atoms with E-state index in [4.69, 9.17) is 6.66 Å². The maximum absolute atomic E-state index is 13.8. The van der Waals surface area contributed by atoms with Gasteiger partial charge in [-0.3, -0.25) is 0 Å². The van der Waals surface area contributed by atoms with Crippen molar-refractivity contribution in [2.24, 2.45) is 0 Å². The molecule has 2 aliphatic rings. The van der Waals surface area contributed by atoms with Crippen LogP contribution < -0.4 is 5.30 Å². The minimum absolute atomic E-state index is 0.0767. The summed E-state index contributed by atoms with van der Waals surface area (Å²) in [6.45, 7) is 4.87. The molecule has 1 aromatic carbocycles. The van der Waals surface area contributed by atoms with Gasteiger partial charge in [0.1, 0.15) is 5.82 Å². The zero-order valence-corrected chi connectivity index (χ0v) is 17.0. The number of hydrogen-bond donors (Lipinski definition) is 0. The van der Waals surface area contributed by atoms with Gasteiger partial charge in [-0.1, -0.05) is 26.2 Å². The van der Waals surface area contributed by atoms with Crippen molar-refractivity contribution in [1.82, 2.24) is 0 Å². The molecule has 0 amide bonds. The molecule has 0 nitrogen and oxygen atoms in total. The van der Waals surface area contributed by atoms with Gasteiger partial charge in [0.05, 0.1) is 5.30 Å². The van der Waals surface area contributed by atoms with Crippen molar-refractivity contribution in [1.29, 1.82) is 0 Å². The number of rotatable bonds is 3. The van der Waals surface area contributed by atoms with E-state index in [1.165, 1.54) is 69.5 Å². The first-order valence-corrected chi connectivity index (χ1v) is 12.9. The van der Waals surface area contributed by atoms with Gasteiger partial charge in [-0.15, -0.1) is 0 Å². The molecule has 0 N–H and O–H groups in total. The van der Waals surface area contributed by atoms with E-state index in [-0.39, 0.29) is 5.82 Å². The Labute approximate surface area is 156 Å². The molecule has 0 spiro atoms. The second-order valence-electron chi connectivity index (χ2n) is 6.99. The van der Waals surface area contributed by atoms with Gasteiger partial charge < -0.3 is 0 Å². The fourth-order valence-corrected chi connectivity index (χ4v) is 9.28. The standard InChI is InChI=1S/C19H28FP.ClH.Pd/c1-21(17-10-4-2-5-11-17,18-12-6-3-7-13-18)19-14-8-9-16(20)15-19;;/h8-9,14-15,17-18H,1-7,10-13H2;1H;/q;;+2/p-1. The van der Waals surface area contributed by atoms with Gasteiger partial charge in [-0.25, -0.2) is 4.39 Å². The molecule has 0 heterocycles. The number of hydrogen-bond acceptors (Lipinski definition) is 0. The summed E-state index contributed by atoms with van der Waals surface area (Å²) in [5.41, 5.74) is 1.49. The second kappa shape index (κ2) is 9.87. The van der Waals surface area contributed by atoms with E-state index in [1.54, 1.807) is 6.07 Å². The first kappa shape index (κ1) is 19.9. The Morgan fingerprint density at radius 2 is 1.39 bits per heavy atom. The third kappa shape index (κ3) is 4.79. The van der Waals surface area contributed by atoms with Crippen LogP contribution in [0.3, 0.4) is 0 Å². The van der Waals surface area contributed by atoms with E-state index in [0.717, 1.165) is 11.3 Å². The Bertz CT molecular complexity index is 452. The fourth-order valence-electron chi connectivity index (χ4n) is 4.54. The van der Waals surface area contributed by atoms with E-state index < -0.39 is 7.26 Å².